The second kappa shape index (κ2) is 12.3. The molecule has 1 rings (SSSR count). The minimum Gasteiger partial charge on any atom is -0.460 e. The molecule has 27 heavy (non-hydrogen) atoms. The summed E-state index contributed by atoms with van der Waals surface area (Å²) in [5.74, 6) is -0.185. The summed E-state index contributed by atoms with van der Waals surface area (Å²) in [6.07, 6.45) is 0.989. The van der Waals surface area contributed by atoms with Crippen LogP contribution in [0.2, 0.25) is 6.04 Å². The average molecular weight is 399 g/mol. The van der Waals surface area contributed by atoms with Crippen LogP contribution in [0.3, 0.4) is 0 Å². The van der Waals surface area contributed by atoms with E-state index in [1.165, 1.54) is 5.69 Å². The van der Waals surface area contributed by atoms with E-state index < -0.39 is 8.80 Å². The molecular formula is C20H36NO5Si+. The molecule has 0 aliphatic rings. The molecule has 0 aliphatic heterocycles. The molecule has 0 aliphatic carbocycles. The third-order valence-corrected chi connectivity index (χ3v) is 7.48. The van der Waals surface area contributed by atoms with Gasteiger partial charge in [-0.2, -0.15) is 0 Å². The number of quaternary nitrogens is 1. The number of benzene rings is 1. The summed E-state index contributed by atoms with van der Waals surface area (Å²) in [4.78, 5) is 12.1. The van der Waals surface area contributed by atoms with Crippen LogP contribution in [0.1, 0.15) is 33.6 Å². The van der Waals surface area contributed by atoms with E-state index in [2.05, 4.69) is 26.2 Å². The van der Waals surface area contributed by atoms with Gasteiger partial charge in [0.1, 0.15) is 18.8 Å². The van der Waals surface area contributed by atoms with Crippen LogP contribution in [-0.4, -0.2) is 61.8 Å². The molecule has 0 spiro atoms. The van der Waals surface area contributed by atoms with E-state index >= 15 is 0 Å². The zero-order valence-electron chi connectivity index (χ0n) is 17.5. The van der Waals surface area contributed by atoms with Crippen molar-refractivity contribution < 1.29 is 22.8 Å². The van der Waals surface area contributed by atoms with Crippen molar-refractivity contribution in [3.63, 3.8) is 0 Å². The fourth-order valence-electron chi connectivity index (χ4n) is 2.87. The molecule has 0 aromatic heterocycles. The summed E-state index contributed by atoms with van der Waals surface area (Å²) < 4.78 is 23.5. The second-order valence-corrected chi connectivity index (χ2v) is 9.53. The van der Waals surface area contributed by atoms with Gasteiger partial charge in [0.25, 0.3) is 0 Å². The van der Waals surface area contributed by atoms with E-state index in [1.807, 2.05) is 39.0 Å². The standard InChI is InChI=1S/C20H36NO5Si/c1-6-24-27(25-7-2,26-8-3)18-12-15-20(22)23-17-16-21(4,5)19-13-10-9-11-14-19/h9-11,13-14H,6-8,12,15-18H2,1-5H3/q+1. The summed E-state index contributed by atoms with van der Waals surface area (Å²) in [5.41, 5.74) is 1.19. The van der Waals surface area contributed by atoms with Crippen LogP contribution in [0.15, 0.2) is 30.3 Å². The van der Waals surface area contributed by atoms with E-state index in [-0.39, 0.29) is 5.97 Å². The average Bonchev–Trinajstić information content (AvgIpc) is 2.63. The van der Waals surface area contributed by atoms with E-state index in [0.29, 0.717) is 49.8 Å². The van der Waals surface area contributed by atoms with Gasteiger partial charge >= 0.3 is 14.8 Å². The number of rotatable bonds is 14. The van der Waals surface area contributed by atoms with E-state index in [0.717, 1.165) is 6.54 Å². The molecule has 0 atom stereocenters. The molecule has 0 saturated carbocycles. The fourth-order valence-corrected chi connectivity index (χ4v) is 5.48. The highest BCUT2D eigenvalue weighted by molar-refractivity contribution is 6.60. The quantitative estimate of drug-likeness (QED) is 0.272. The molecule has 0 amide bonds. The Labute approximate surface area is 165 Å². The monoisotopic (exact) mass is 398 g/mol. The lowest BCUT2D eigenvalue weighted by atomic mass is 10.2. The van der Waals surface area contributed by atoms with Crippen LogP contribution >= 0.6 is 0 Å². The highest BCUT2D eigenvalue weighted by Gasteiger charge is 2.39. The lowest BCUT2D eigenvalue weighted by Gasteiger charge is -2.29. The van der Waals surface area contributed by atoms with E-state index in [9.17, 15) is 4.79 Å². The molecule has 1 aromatic carbocycles. The molecule has 0 saturated heterocycles. The van der Waals surface area contributed by atoms with E-state index in [1.54, 1.807) is 0 Å². The second-order valence-electron chi connectivity index (χ2n) is 6.80. The van der Waals surface area contributed by atoms with Crippen molar-refractivity contribution in [3.05, 3.63) is 30.3 Å². The van der Waals surface area contributed by atoms with Crippen molar-refractivity contribution in [2.24, 2.45) is 0 Å². The number of hydrogen-bond donors (Lipinski definition) is 0. The van der Waals surface area contributed by atoms with Crippen molar-refractivity contribution in [1.29, 1.82) is 0 Å². The largest absolute Gasteiger partial charge is 0.500 e. The zero-order valence-corrected chi connectivity index (χ0v) is 18.5. The smallest absolute Gasteiger partial charge is 0.460 e. The van der Waals surface area contributed by atoms with Crippen molar-refractivity contribution >= 4 is 20.5 Å². The lowest BCUT2D eigenvalue weighted by molar-refractivity contribution is -0.143. The molecule has 0 fully saturated rings. The molecule has 154 valence electrons. The number of likely N-dealkylation sites (N-methyl/N-ethyl adjacent to an activating group) is 1. The SMILES string of the molecule is CCO[Si](CCCC(=O)OCC[N+](C)(C)c1ccccc1)(OCC)OCC. The van der Waals surface area contributed by atoms with Gasteiger partial charge in [0.15, 0.2) is 0 Å². The Hall–Kier alpha value is -1.25. The molecular weight excluding hydrogens is 362 g/mol. The van der Waals surface area contributed by atoms with Gasteiger partial charge < -0.3 is 18.0 Å². The van der Waals surface area contributed by atoms with Crippen molar-refractivity contribution in [3.8, 4) is 0 Å². The van der Waals surface area contributed by atoms with Crippen molar-refractivity contribution in [2.45, 2.75) is 39.7 Å². The summed E-state index contributed by atoms with van der Waals surface area (Å²) in [6, 6.07) is 10.8. The predicted octanol–water partition coefficient (Wildman–Crippen LogP) is 3.63. The molecule has 0 N–H and O–H groups in total. The maximum atomic E-state index is 12.1. The van der Waals surface area contributed by atoms with Crippen LogP contribution < -0.4 is 4.48 Å². The fraction of sp³-hybridized carbons (Fsp3) is 0.650. The van der Waals surface area contributed by atoms with Gasteiger partial charge in [-0.05, 0) is 39.3 Å². The van der Waals surface area contributed by atoms with Gasteiger partial charge in [0.2, 0.25) is 0 Å². The molecule has 6 nitrogen and oxygen atoms in total. The first-order chi connectivity index (χ1) is 12.9. The molecule has 0 unspecified atom stereocenters. The number of carbonyl (C=O) groups excluding carboxylic acids is 1. The Morgan fingerprint density at radius 1 is 0.963 bits per heavy atom. The first kappa shape index (κ1) is 23.8. The highest BCUT2D eigenvalue weighted by Crippen LogP contribution is 2.20. The van der Waals surface area contributed by atoms with Gasteiger partial charge in [0, 0.05) is 32.3 Å². The molecule has 0 radical (unpaired) electrons. The molecule has 0 bridgehead atoms. The summed E-state index contributed by atoms with van der Waals surface area (Å²) in [5, 5.41) is 0. The van der Waals surface area contributed by atoms with Crippen LogP contribution in [0.5, 0.6) is 0 Å². The van der Waals surface area contributed by atoms with Crippen LogP contribution in [0.4, 0.5) is 5.69 Å². The number of esters is 1. The summed E-state index contributed by atoms with van der Waals surface area (Å²) in [6.45, 7) is 8.55. The number of carbonyl (C=O) groups is 1. The van der Waals surface area contributed by atoms with Crippen molar-refractivity contribution in [2.75, 3.05) is 47.1 Å². The van der Waals surface area contributed by atoms with Gasteiger partial charge in [-0.3, -0.25) is 9.28 Å². The summed E-state index contributed by atoms with van der Waals surface area (Å²) >= 11 is 0. The highest BCUT2D eigenvalue weighted by atomic mass is 28.4. The van der Waals surface area contributed by atoms with E-state index in [4.69, 9.17) is 18.0 Å². The van der Waals surface area contributed by atoms with Gasteiger partial charge in [0.05, 0.1) is 14.1 Å². The third-order valence-electron chi connectivity index (χ3n) is 4.33. The Balaban J connectivity index is 2.39. The number of hydrogen-bond acceptors (Lipinski definition) is 5. The zero-order chi connectivity index (χ0) is 20.2. The van der Waals surface area contributed by atoms with Gasteiger partial charge in [-0.1, -0.05) is 18.2 Å². The number of nitrogens with zero attached hydrogens (tertiary/aromatic N) is 1. The minimum atomic E-state index is -2.68. The molecule has 1 aromatic rings. The van der Waals surface area contributed by atoms with Crippen molar-refractivity contribution in [1.82, 2.24) is 4.48 Å². The number of para-hydroxylation sites is 1. The molecule has 7 heteroatoms. The maximum absolute atomic E-state index is 12.1. The minimum absolute atomic E-state index is 0.185. The van der Waals surface area contributed by atoms with Crippen LogP contribution in [0.25, 0.3) is 0 Å². The predicted molar refractivity (Wildman–Crippen MR) is 111 cm³/mol. The Morgan fingerprint density at radius 3 is 2.04 bits per heavy atom. The lowest BCUT2D eigenvalue weighted by Crippen LogP contribution is -2.46. The Bertz CT molecular complexity index is 521. The topological polar surface area (TPSA) is 54.0 Å². The summed E-state index contributed by atoms with van der Waals surface area (Å²) in [7, 11) is 1.53. The normalized spacial score (nSPS) is 12.2. The maximum Gasteiger partial charge on any atom is 0.500 e. The van der Waals surface area contributed by atoms with Gasteiger partial charge in [-0.25, -0.2) is 0 Å². The first-order valence-electron chi connectivity index (χ1n) is 9.85. The Kier molecular flexibility index (Phi) is 10.8. The van der Waals surface area contributed by atoms with Crippen LogP contribution in [0, 0.1) is 0 Å². The van der Waals surface area contributed by atoms with Gasteiger partial charge in [-0.15, -0.1) is 0 Å². The first-order valence-corrected chi connectivity index (χ1v) is 11.8. The number of ether oxygens (including phenoxy) is 1. The Morgan fingerprint density at radius 2 is 1.52 bits per heavy atom. The molecule has 0 heterocycles. The van der Waals surface area contributed by atoms with Crippen LogP contribution in [-0.2, 0) is 22.8 Å². The third kappa shape index (κ3) is 8.53.